The Labute approximate surface area is 151 Å². The number of fused-ring (bicyclic) bond motifs is 1. The number of carboxylic acids is 1. The van der Waals surface area contributed by atoms with Gasteiger partial charge in [-0.2, -0.15) is 0 Å². The Morgan fingerprint density at radius 2 is 2.08 bits per heavy atom. The van der Waals surface area contributed by atoms with Crippen molar-refractivity contribution in [3.63, 3.8) is 0 Å². The zero-order valence-corrected chi connectivity index (χ0v) is 14.5. The summed E-state index contributed by atoms with van der Waals surface area (Å²) in [5, 5.41) is 9.88. The summed E-state index contributed by atoms with van der Waals surface area (Å²) in [6.07, 6.45) is 4.98. The molecule has 0 aliphatic carbocycles. The van der Waals surface area contributed by atoms with E-state index in [4.69, 9.17) is 29.2 Å². The van der Waals surface area contributed by atoms with Crippen molar-refractivity contribution in [3.05, 3.63) is 18.2 Å². The van der Waals surface area contributed by atoms with Crippen molar-refractivity contribution in [3.8, 4) is 17.2 Å². The minimum Gasteiger partial charge on any atom is -0.489 e. The summed E-state index contributed by atoms with van der Waals surface area (Å²) in [7, 11) is 0. The van der Waals surface area contributed by atoms with E-state index < -0.39 is 12.2 Å². The fourth-order valence-corrected chi connectivity index (χ4v) is 2.68. The molecule has 2 N–H and O–H groups in total. The van der Waals surface area contributed by atoms with Gasteiger partial charge in [0.2, 0.25) is 12.0 Å². The van der Waals surface area contributed by atoms with E-state index in [9.17, 15) is 4.79 Å². The fraction of sp³-hybridized carbons (Fsp3) is 0.588. The number of ether oxygens (including phenoxy) is 1. The second kappa shape index (κ2) is 9.58. The number of hydrogen-bond acceptors (Lipinski definition) is 8. The van der Waals surface area contributed by atoms with Crippen molar-refractivity contribution in [2.45, 2.75) is 51.2 Å². The molecule has 3 rings (SSSR count). The first kappa shape index (κ1) is 18.7. The number of rotatable bonds is 10. The molecule has 2 aliphatic rings. The molecule has 1 saturated heterocycles. The molecule has 1 aromatic rings. The molecular formula is C17H24N2O7. The van der Waals surface area contributed by atoms with Gasteiger partial charge in [-0.3, -0.25) is 14.5 Å². The molecule has 0 aromatic heterocycles. The molecule has 1 unspecified atom stereocenters. The highest BCUT2D eigenvalue weighted by atomic mass is 17.0. The maximum absolute atomic E-state index is 10.4. The Morgan fingerprint density at radius 1 is 1.23 bits per heavy atom. The molecule has 0 amide bonds. The van der Waals surface area contributed by atoms with Gasteiger partial charge in [-0.05, 0) is 25.0 Å². The monoisotopic (exact) mass is 368 g/mol. The Morgan fingerprint density at radius 3 is 2.88 bits per heavy atom. The van der Waals surface area contributed by atoms with Gasteiger partial charge < -0.3 is 19.5 Å². The van der Waals surface area contributed by atoms with E-state index in [1.54, 1.807) is 6.07 Å². The summed E-state index contributed by atoms with van der Waals surface area (Å²) in [5.41, 5.74) is 2.36. The standard InChI is InChI=1S/C17H24N2O7/c20-16(21)9-4-2-1-3-5-11-22-13-7-6-8-14-17(13)26-19(25-14)15-10-12-23-18-24-15/h6-8,15,18H,1-5,9-12H2,(H,20,21). The average molecular weight is 368 g/mol. The van der Waals surface area contributed by atoms with Gasteiger partial charge in [-0.25, -0.2) is 0 Å². The summed E-state index contributed by atoms with van der Waals surface area (Å²) in [6.45, 7) is 1.05. The number of hydroxylamine groups is 2. The first-order chi connectivity index (χ1) is 12.7. The van der Waals surface area contributed by atoms with Crippen LogP contribution in [0, 0.1) is 0 Å². The van der Waals surface area contributed by atoms with Crippen LogP contribution in [0.1, 0.15) is 44.9 Å². The summed E-state index contributed by atoms with van der Waals surface area (Å²) in [6, 6.07) is 5.48. The number of nitrogens with one attached hydrogen (secondary N) is 1. The van der Waals surface area contributed by atoms with E-state index in [1.807, 2.05) is 12.1 Å². The van der Waals surface area contributed by atoms with Gasteiger partial charge in [0.05, 0.1) is 18.4 Å². The van der Waals surface area contributed by atoms with Gasteiger partial charge in [-0.1, -0.05) is 31.0 Å². The first-order valence-corrected chi connectivity index (χ1v) is 8.89. The highest BCUT2D eigenvalue weighted by Crippen LogP contribution is 2.43. The lowest BCUT2D eigenvalue weighted by Crippen LogP contribution is -2.46. The number of carbonyl (C=O) groups is 1. The third-order valence-electron chi connectivity index (χ3n) is 4.05. The van der Waals surface area contributed by atoms with Gasteiger partial charge in [0.15, 0.2) is 11.5 Å². The number of benzene rings is 1. The molecule has 1 fully saturated rings. The minimum absolute atomic E-state index is 0.243. The van der Waals surface area contributed by atoms with Crippen LogP contribution >= 0.6 is 0 Å². The lowest BCUT2D eigenvalue weighted by atomic mass is 10.1. The molecule has 9 heteroatoms. The molecule has 2 heterocycles. The maximum atomic E-state index is 10.4. The Kier molecular flexibility index (Phi) is 6.89. The number of para-hydroxylation sites is 1. The van der Waals surface area contributed by atoms with Crippen LogP contribution in [-0.4, -0.2) is 35.7 Å². The van der Waals surface area contributed by atoms with Crippen molar-refractivity contribution >= 4 is 5.97 Å². The van der Waals surface area contributed by atoms with E-state index in [-0.39, 0.29) is 6.42 Å². The zero-order chi connectivity index (χ0) is 18.2. The van der Waals surface area contributed by atoms with Crippen LogP contribution in [0.3, 0.4) is 0 Å². The van der Waals surface area contributed by atoms with Gasteiger partial charge in [0.1, 0.15) is 0 Å². The van der Waals surface area contributed by atoms with Gasteiger partial charge in [0.25, 0.3) is 0 Å². The highest BCUT2D eigenvalue weighted by Gasteiger charge is 2.35. The Hall–Kier alpha value is -2.07. The Bertz CT molecular complexity index is 592. The summed E-state index contributed by atoms with van der Waals surface area (Å²) in [5.74, 6) is 0.996. The number of carboxylic acid groups (broad SMARTS) is 1. The van der Waals surface area contributed by atoms with Gasteiger partial charge >= 0.3 is 5.97 Å². The van der Waals surface area contributed by atoms with Crippen LogP contribution in [0.5, 0.6) is 17.2 Å². The lowest BCUT2D eigenvalue weighted by Gasteiger charge is -2.26. The highest BCUT2D eigenvalue weighted by molar-refractivity contribution is 5.66. The van der Waals surface area contributed by atoms with E-state index >= 15 is 0 Å². The summed E-state index contributed by atoms with van der Waals surface area (Å²) < 4.78 is 5.82. The molecule has 0 spiro atoms. The molecule has 26 heavy (non-hydrogen) atoms. The van der Waals surface area contributed by atoms with Crippen LogP contribution in [0.25, 0.3) is 0 Å². The molecule has 0 bridgehead atoms. The van der Waals surface area contributed by atoms with Crippen LogP contribution in [0.4, 0.5) is 0 Å². The molecule has 144 valence electrons. The first-order valence-electron chi connectivity index (χ1n) is 8.89. The van der Waals surface area contributed by atoms with Crippen molar-refractivity contribution in [2.24, 2.45) is 0 Å². The van der Waals surface area contributed by atoms with Gasteiger partial charge in [-0.15, -0.1) is 0 Å². The number of unbranched alkanes of at least 4 members (excludes halogenated alkanes) is 4. The minimum atomic E-state index is -0.732. The molecule has 0 radical (unpaired) electrons. The molecular weight excluding hydrogens is 344 g/mol. The third kappa shape index (κ3) is 5.21. The largest absolute Gasteiger partial charge is 0.489 e. The molecule has 1 aromatic carbocycles. The van der Waals surface area contributed by atoms with Crippen LogP contribution in [-0.2, 0) is 14.5 Å². The van der Waals surface area contributed by atoms with Gasteiger partial charge in [0, 0.05) is 12.8 Å². The number of nitrogens with zero attached hydrogens (tertiary/aromatic N) is 1. The third-order valence-corrected chi connectivity index (χ3v) is 4.05. The fourth-order valence-electron chi connectivity index (χ4n) is 2.68. The lowest BCUT2D eigenvalue weighted by molar-refractivity contribution is -0.376. The number of hydrogen-bond donors (Lipinski definition) is 2. The van der Waals surface area contributed by atoms with Crippen LogP contribution in [0.15, 0.2) is 18.2 Å². The van der Waals surface area contributed by atoms with Crippen molar-refractivity contribution < 1.29 is 34.0 Å². The summed E-state index contributed by atoms with van der Waals surface area (Å²) >= 11 is 0. The smallest absolute Gasteiger partial charge is 0.303 e. The van der Waals surface area contributed by atoms with Crippen LogP contribution in [0.2, 0.25) is 0 Å². The van der Waals surface area contributed by atoms with E-state index in [1.165, 1.54) is 5.23 Å². The second-order valence-electron chi connectivity index (χ2n) is 6.10. The van der Waals surface area contributed by atoms with E-state index in [0.29, 0.717) is 36.9 Å². The predicted octanol–water partition coefficient (Wildman–Crippen LogP) is 2.58. The van der Waals surface area contributed by atoms with Crippen molar-refractivity contribution in [2.75, 3.05) is 13.2 Å². The number of aliphatic carboxylic acids is 1. The van der Waals surface area contributed by atoms with Crippen LogP contribution < -0.4 is 20.1 Å². The molecule has 1 atom stereocenters. The van der Waals surface area contributed by atoms with Crippen molar-refractivity contribution in [1.29, 1.82) is 0 Å². The maximum Gasteiger partial charge on any atom is 0.303 e. The average Bonchev–Trinajstić information content (AvgIpc) is 3.09. The second-order valence-corrected chi connectivity index (χ2v) is 6.10. The van der Waals surface area contributed by atoms with E-state index in [0.717, 1.165) is 32.1 Å². The zero-order valence-electron chi connectivity index (χ0n) is 14.5. The molecule has 0 saturated carbocycles. The molecule has 2 aliphatic heterocycles. The Balaban J connectivity index is 1.39. The quantitative estimate of drug-likeness (QED) is 0.604. The topological polar surface area (TPSA) is 98.7 Å². The molecule has 9 nitrogen and oxygen atoms in total. The predicted molar refractivity (Wildman–Crippen MR) is 88.9 cm³/mol. The normalized spacial score (nSPS) is 19.5. The van der Waals surface area contributed by atoms with Crippen molar-refractivity contribution in [1.82, 2.24) is 10.9 Å². The van der Waals surface area contributed by atoms with E-state index in [2.05, 4.69) is 5.64 Å². The SMILES string of the molecule is O=C(O)CCCCCCCOc1cccc2c1ON(C1CCONO1)O2. The summed E-state index contributed by atoms with van der Waals surface area (Å²) in [4.78, 5) is 31.9.